The van der Waals surface area contributed by atoms with Gasteiger partial charge >= 0.3 is 0 Å². The molecule has 0 aliphatic rings. The van der Waals surface area contributed by atoms with Crippen LogP contribution in [0.5, 0.6) is 0 Å². The van der Waals surface area contributed by atoms with Crippen LogP contribution in [0.15, 0.2) is 37.3 Å². The first-order chi connectivity index (χ1) is 6.40. The summed E-state index contributed by atoms with van der Waals surface area (Å²) >= 11 is 0. The van der Waals surface area contributed by atoms with E-state index in [0.29, 0.717) is 0 Å². The van der Waals surface area contributed by atoms with Crippen LogP contribution in [-0.2, 0) is 0 Å². The van der Waals surface area contributed by atoms with Crippen LogP contribution in [0.25, 0.3) is 11.9 Å². The Morgan fingerprint density at radius 3 is 2.85 bits per heavy atom. The molecule has 0 spiro atoms. The van der Waals surface area contributed by atoms with Gasteiger partial charge in [-0.3, -0.25) is 0 Å². The molecule has 2 aromatic heterocycles. The summed E-state index contributed by atoms with van der Waals surface area (Å²) in [4.78, 5) is 4.18. The number of aromatic nitrogens is 4. The molecule has 0 aliphatic heterocycles. The van der Waals surface area contributed by atoms with Crippen molar-refractivity contribution in [3.8, 4) is 5.82 Å². The molecular weight excluding hydrogens is 164 g/mol. The molecular formula is C9H8N4. The fourth-order valence-corrected chi connectivity index (χ4v) is 0.984. The van der Waals surface area contributed by atoms with E-state index in [1.807, 2.05) is 12.1 Å². The predicted octanol–water partition coefficient (Wildman–Crippen LogP) is 1.31. The molecule has 0 bridgehead atoms. The van der Waals surface area contributed by atoms with Gasteiger partial charge in [0.25, 0.3) is 0 Å². The van der Waals surface area contributed by atoms with E-state index in [9.17, 15) is 0 Å². The average molecular weight is 172 g/mol. The van der Waals surface area contributed by atoms with E-state index in [1.165, 1.54) is 0 Å². The highest BCUT2D eigenvalue weighted by atomic mass is 15.4. The van der Waals surface area contributed by atoms with E-state index in [0.717, 1.165) is 11.4 Å². The second-order valence-electron chi connectivity index (χ2n) is 2.50. The molecule has 0 atom stereocenters. The Bertz CT molecular complexity index is 388. The maximum absolute atomic E-state index is 4.18. The number of hydrogen-bond donors (Lipinski definition) is 0. The molecule has 0 radical (unpaired) electrons. The van der Waals surface area contributed by atoms with Crippen molar-refractivity contribution in [3.05, 3.63) is 42.9 Å². The SMILES string of the molecule is C=Cc1ccc(-n2ccnn2)nc1. The summed E-state index contributed by atoms with van der Waals surface area (Å²) in [7, 11) is 0. The molecule has 4 heteroatoms. The van der Waals surface area contributed by atoms with Gasteiger partial charge in [0.1, 0.15) is 0 Å². The molecule has 0 aliphatic carbocycles. The van der Waals surface area contributed by atoms with Crippen LogP contribution in [0.1, 0.15) is 5.56 Å². The van der Waals surface area contributed by atoms with Crippen molar-refractivity contribution < 1.29 is 0 Å². The van der Waals surface area contributed by atoms with Gasteiger partial charge in [-0.2, -0.15) is 0 Å². The summed E-state index contributed by atoms with van der Waals surface area (Å²) in [5.41, 5.74) is 0.990. The molecule has 13 heavy (non-hydrogen) atoms. The lowest BCUT2D eigenvalue weighted by molar-refractivity contribution is 0.781. The lowest BCUT2D eigenvalue weighted by Crippen LogP contribution is -1.97. The Hall–Kier alpha value is -1.97. The number of hydrogen-bond acceptors (Lipinski definition) is 3. The zero-order valence-electron chi connectivity index (χ0n) is 6.96. The maximum Gasteiger partial charge on any atom is 0.155 e. The quantitative estimate of drug-likeness (QED) is 0.685. The van der Waals surface area contributed by atoms with Crippen LogP contribution in [0.2, 0.25) is 0 Å². The van der Waals surface area contributed by atoms with Crippen molar-refractivity contribution in [2.24, 2.45) is 0 Å². The molecule has 0 saturated carbocycles. The molecule has 2 rings (SSSR count). The van der Waals surface area contributed by atoms with Gasteiger partial charge in [-0.15, -0.1) is 5.10 Å². The normalized spacial score (nSPS) is 9.85. The van der Waals surface area contributed by atoms with E-state index in [2.05, 4.69) is 21.9 Å². The fourth-order valence-electron chi connectivity index (χ4n) is 0.984. The monoisotopic (exact) mass is 172 g/mol. The van der Waals surface area contributed by atoms with Crippen LogP contribution < -0.4 is 0 Å². The average Bonchev–Trinajstić information content (AvgIpc) is 2.71. The molecule has 64 valence electrons. The van der Waals surface area contributed by atoms with Crippen molar-refractivity contribution in [3.63, 3.8) is 0 Å². The first-order valence-electron chi connectivity index (χ1n) is 3.85. The zero-order chi connectivity index (χ0) is 9.10. The Labute approximate surface area is 75.5 Å². The third-order valence-corrected chi connectivity index (χ3v) is 1.66. The number of rotatable bonds is 2. The van der Waals surface area contributed by atoms with Gasteiger partial charge < -0.3 is 0 Å². The van der Waals surface area contributed by atoms with Crippen LogP contribution in [-0.4, -0.2) is 20.0 Å². The molecule has 2 aromatic rings. The van der Waals surface area contributed by atoms with Crippen molar-refractivity contribution in [1.82, 2.24) is 20.0 Å². The number of nitrogens with zero attached hydrogens (tertiary/aromatic N) is 4. The zero-order valence-corrected chi connectivity index (χ0v) is 6.96. The van der Waals surface area contributed by atoms with Crippen molar-refractivity contribution in [2.75, 3.05) is 0 Å². The minimum atomic E-state index is 0.753. The topological polar surface area (TPSA) is 43.6 Å². The summed E-state index contributed by atoms with van der Waals surface area (Å²) < 4.78 is 1.60. The van der Waals surface area contributed by atoms with Crippen LogP contribution >= 0.6 is 0 Å². The van der Waals surface area contributed by atoms with Gasteiger partial charge in [-0.05, 0) is 17.7 Å². The standard InChI is InChI=1S/C9H8N4/c1-2-8-3-4-9(10-7-8)13-6-5-11-12-13/h2-7H,1H2. The first-order valence-corrected chi connectivity index (χ1v) is 3.85. The second-order valence-corrected chi connectivity index (χ2v) is 2.50. The fraction of sp³-hybridized carbons (Fsp3) is 0. The van der Waals surface area contributed by atoms with Crippen LogP contribution in [0, 0.1) is 0 Å². The van der Waals surface area contributed by atoms with Crippen molar-refractivity contribution in [1.29, 1.82) is 0 Å². The predicted molar refractivity (Wildman–Crippen MR) is 49.2 cm³/mol. The Balaban J connectivity index is 2.38. The van der Waals surface area contributed by atoms with E-state index in [-0.39, 0.29) is 0 Å². The highest BCUT2D eigenvalue weighted by Gasteiger charge is 1.96. The molecule has 2 heterocycles. The second kappa shape index (κ2) is 3.18. The van der Waals surface area contributed by atoms with E-state index in [4.69, 9.17) is 0 Å². The summed E-state index contributed by atoms with van der Waals surface area (Å²) in [6, 6.07) is 3.79. The molecule has 0 amide bonds. The summed E-state index contributed by atoms with van der Waals surface area (Å²) in [6.45, 7) is 3.65. The molecule has 0 saturated heterocycles. The van der Waals surface area contributed by atoms with Gasteiger partial charge in [0, 0.05) is 6.20 Å². The van der Waals surface area contributed by atoms with Gasteiger partial charge in [-0.25, -0.2) is 9.67 Å². The first kappa shape index (κ1) is 7.67. The summed E-state index contributed by atoms with van der Waals surface area (Å²) in [6.07, 6.45) is 6.85. The maximum atomic E-state index is 4.18. The van der Waals surface area contributed by atoms with Gasteiger partial charge in [-0.1, -0.05) is 17.9 Å². The van der Waals surface area contributed by atoms with E-state index < -0.39 is 0 Å². The van der Waals surface area contributed by atoms with Gasteiger partial charge in [0.15, 0.2) is 5.82 Å². The van der Waals surface area contributed by atoms with Gasteiger partial charge in [0.2, 0.25) is 0 Å². The minimum absolute atomic E-state index is 0.753. The Kier molecular flexibility index (Phi) is 1.88. The van der Waals surface area contributed by atoms with Crippen LogP contribution in [0.3, 0.4) is 0 Å². The van der Waals surface area contributed by atoms with Gasteiger partial charge in [0.05, 0.1) is 12.4 Å². The molecule has 0 N–H and O–H groups in total. The molecule has 0 fully saturated rings. The molecule has 0 aromatic carbocycles. The largest absolute Gasteiger partial charge is 0.236 e. The Morgan fingerprint density at radius 2 is 2.31 bits per heavy atom. The van der Waals surface area contributed by atoms with E-state index in [1.54, 1.807) is 29.3 Å². The molecule has 4 nitrogen and oxygen atoms in total. The van der Waals surface area contributed by atoms with Crippen LogP contribution in [0.4, 0.5) is 0 Å². The lowest BCUT2D eigenvalue weighted by atomic mass is 10.3. The minimum Gasteiger partial charge on any atom is -0.236 e. The highest BCUT2D eigenvalue weighted by molar-refractivity contribution is 5.46. The Morgan fingerprint density at radius 1 is 1.38 bits per heavy atom. The highest BCUT2D eigenvalue weighted by Crippen LogP contribution is 2.04. The third kappa shape index (κ3) is 1.46. The smallest absolute Gasteiger partial charge is 0.155 e. The molecule has 0 unspecified atom stereocenters. The lowest BCUT2D eigenvalue weighted by Gasteiger charge is -1.98. The summed E-state index contributed by atoms with van der Waals surface area (Å²) in [5.74, 6) is 0.753. The third-order valence-electron chi connectivity index (χ3n) is 1.66. The summed E-state index contributed by atoms with van der Waals surface area (Å²) in [5, 5.41) is 7.51. The van der Waals surface area contributed by atoms with E-state index >= 15 is 0 Å². The van der Waals surface area contributed by atoms with Crippen molar-refractivity contribution >= 4 is 6.08 Å². The van der Waals surface area contributed by atoms with Crippen molar-refractivity contribution in [2.45, 2.75) is 0 Å². The number of pyridine rings is 1.